The molecule has 0 aromatic carbocycles. The molecular weight excluding hydrogens is 1240 g/mol. The summed E-state index contributed by atoms with van der Waals surface area (Å²) in [6.07, 6.45) is 13.8. The summed E-state index contributed by atoms with van der Waals surface area (Å²) in [6, 6.07) is -7.16. The first-order valence-corrected chi connectivity index (χ1v) is 32.6. The maximum atomic E-state index is 12.6. The van der Waals surface area contributed by atoms with Crippen LogP contribution in [0, 0.1) is 0 Å². The van der Waals surface area contributed by atoms with Gasteiger partial charge < -0.3 is 98.0 Å². The first kappa shape index (κ1) is 86.4. The summed E-state index contributed by atoms with van der Waals surface area (Å²) in [6.45, 7) is 1.39. The van der Waals surface area contributed by atoms with E-state index in [-0.39, 0.29) is 123 Å². The number of hydrogen-bond acceptors (Lipinski definition) is 19. The molecule has 0 heterocycles. The Hall–Kier alpha value is -7.56. The van der Waals surface area contributed by atoms with Gasteiger partial charge in [0.25, 0.3) is 0 Å². The van der Waals surface area contributed by atoms with Crippen LogP contribution in [0.15, 0.2) is 0 Å². The highest BCUT2D eigenvalue weighted by atomic mass is 16.5. The topological polar surface area (TPSA) is 511 Å². The third kappa shape index (κ3) is 49.1. The maximum Gasteiger partial charge on any atom is 0.326 e. The molecular formula is C60H105BN10O23. The van der Waals surface area contributed by atoms with Crippen molar-refractivity contribution in [2.75, 3.05) is 72.5 Å². The molecule has 34 heteroatoms. The number of hydrogen-bond donors (Lipinski definition) is 15. The molecule has 33 nitrogen and oxygen atoms in total. The zero-order valence-electron chi connectivity index (χ0n) is 54.7. The summed E-state index contributed by atoms with van der Waals surface area (Å²) in [4.78, 5) is 168. The summed E-state index contributed by atoms with van der Waals surface area (Å²) in [5.41, 5.74) is 5.28. The standard InChI is InChI=1S/C60H105BN10O23/c1-2-41(55(62)81)70-56(82)42(71-61)19-17-18-30-63-47(72)26-22-43(57(83)84)67-51(76)29-25-46(60(89)90)69-53(78)40-94-38-36-92-34-32-65-52(77)39-93-37-35-91-33-31-64-48(73)27-23-44(58(85)86)68-50(75)28-24-45(59(87)88)66-49(74)20-15-13-11-9-7-5-3-4-6-8-10-12-14-16-21-54(79)80/h41-46,71H,2-40,61H2,1H3,(H2,62,81)(H,63,72)(H,64,73)(H,65,77)(H,66,74)(H,67,76)(H,68,75)(H,69,78)(H,70,82)(H,79,80)(H,83,84)(H,85,86)(H,87,88)(H,89,90)/t41-,42-,43-,44-,45-,46-/m0/s1. The SMILES string of the molecule is BN[C@@H](CCCCNC(=O)CC[C@H](NC(=O)CC[C@H](NC(=O)COCCOCCNC(=O)COCCOCCNC(=O)CC[C@H](NC(=O)CC[C@H](NC(=O)CCCCCCCCCCCCCCCCC(=O)O)C(=O)O)C(=O)O)C(=O)O)C(=O)O)C(=O)N[C@@H](CC)C(N)=O. The molecule has 0 aromatic heterocycles. The van der Waals surface area contributed by atoms with Gasteiger partial charge >= 0.3 is 29.8 Å². The number of primary amides is 1. The molecule has 0 aliphatic rings. The molecule has 0 saturated carbocycles. The fourth-order valence-electron chi connectivity index (χ4n) is 9.13. The third-order valence-corrected chi connectivity index (χ3v) is 14.5. The van der Waals surface area contributed by atoms with Gasteiger partial charge in [-0.3, -0.25) is 47.9 Å². The van der Waals surface area contributed by atoms with Crippen molar-refractivity contribution in [2.45, 2.75) is 223 Å². The number of amides is 9. The van der Waals surface area contributed by atoms with Crippen LogP contribution in [0.2, 0.25) is 0 Å². The largest absolute Gasteiger partial charge is 0.481 e. The molecule has 0 bridgehead atoms. The van der Waals surface area contributed by atoms with E-state index in [1.165, 1.54) is 25.7 Å². The monoisotopic (exact) mass is 1340 g/mol. The highest BCUT2D eigenvalue weighted by Gasteiger charge is 2.27. The average molecular weight is 1350 g/mol. The number of unbranched alkanes of at least 4 members (excludes halogenated alkanes) is 14. The summed E-state index contributed by atoms with van der Waals surface area (Å²) in [5, 5.41) is 69.5. The lowest BCUT2D eigenvalue weighted by molar-refractivity contribution is -0.144. The predicted molar refractivity (Wildman–Crippen MR) is 340 cm³/mol. The highest BCUT2D eigenvalue weighted by molar-refractivity contribution is 6.07. The van der Waals surface area contributed by atoms with E-state index in [4.69, 9.17) is 29.8 Å². The lowest BCUT2D eigenvalue weighted by atomic mass is 10.0. The Morgan fingerprint density at radius 1 is 0.340 bits per heavy atom. The fourth-order valence-corrected chi connectivity index (χ4v) is 9.13. The summed E-state index contributed by atoms with van der Waals surface area (Å²) in [7, 11) is 1.59. The molecule has 0 aromatic rings. The number of ether oxygens (including phenoxy) is 4. The molecule has 94 heavy (non-hydrogen) atoms. The van der Waals surface area contributed by atoms with Gasteiger partial charge in [-0.1, -0.05) is 84.0 Å². The quantitative estimate of drug-likeness (QED) is 0.0261. The van der Waals surface area contributed by atoms with E-state index in [0.29, 0.717) is 32.1 Å². The summed E-state index contributed by atoms with van der Waals surface area (Å²) in [5.74, 6) is -11.7. The van der Waals surface area contributed by atoms with Crippen molar-refractivity contribution >= 4 is 91.0 Å². The predicted octanol–water partition coefficient (Wildman–Crippen LogP) is -0.817. The van der Waals surface area contributed by atoms with Crippen LogP contribution >= 0.6 is 0 Å². The molecule has 9 amide bonds. The van der Waals surface area contributed by atoms with Crippen molar-refractivity contribution in [3.05, 3.63) is 0 Å². The Kier molecular flexibility index (Phi) is 51.4. The van der Waals surface area contributed by atoms with Crippen LogP contribution in [-0.4, -0.2) is 225 Å². The molecule has 0 aliphatic heterocycles. The normalized spacial score (nSPS) is 12.9. The Labute approximate surface area is 549 Å². The molecule has 536 valence electrons. The second kappa shape index (κ2) is 55.9. The van der Waals surface area contributed by atoms with Gasteiger partial charge in [-0.25, -0.2) is 19.2 Å². The minimum atomic E-state index is -1.52. The van der Waals surface area contributed by atoms with Gasteiger partial charge in [0.05, 0.1) is 45.7 Å². The molecule has 0 unspecified atom stereocenters. The van der Waals surface area contributed by atoms with E-state index >= 15 is 0 Å². The number of carbonyl (C=O) groups is 14. The molecule has 0 radical (unpaired) electrons. The molecule has 16 N–H and O–H groups in total. The number of carbonyl (C=O) groups excluding carboxylic acids is 9. The molecule has 0 spiro atoms. The van der Waals surface area contributed by atoms with Crippen molar-refractivity contribution in [2.24, 2.45) is 5.73 Å². The van der Waals surface area contributed by atoms with Crippen molar-refractivity contribution in [3.8, 4) is 0 Å². The molecule has 6 atom stereocenters. The van der Waals surface area contributed by atoms with Crippen LogP contribution in [0.5, 0.6) is 0 Å². The number of carboxylic acid groups (broad SMARTS) is 5. The maximum absolute atomic E-state index is 12.6. The van der Waals surface area contributed by atoms with Gasteiger partial charge in [-0.05, 0) is 64.2 Å². The van der Waals surface area contributed by atoms with Crippen LogP contribution in [0.25, 0.3) is 0 Å². The van der Waals surface area contributed by atoms with Crippen molar-refractivity contribution in [1.82, 2.24) is 47.8 Å². The van der Waals surface area contributed by atoms with Gasteiger partial charge in [-0.2, -0.15) is 0 Å². The van der Waals surface area contributed by atoms with E-state index in [0.717, 1.165) is 57.8 Å². The number of rotatable bonds is 63. The Bertz CT molecular complexity index is 2310. The van der Waals surface area contributed by atoms with Crippen LogP contribution in [0.4, 0.5) is 0 Å². The van der Waals surface area contributed by atoms with E-state index in [1.807, 2.05) is 0 Å². The van der Waals surface area contributed by atoms with Crippen molar-refractivity contribution < 1.29 is 112 Å². The lowest BCUT2D eigenvalue weighted by Gasteiger charge is -2.20. The van der Waals surface area contributed by atoms with Crippen LogP contribution in [0.3, 0.4) is 0 Å². The smallest absolute Gasteiger partial charge is 0.326 e. The average Bonchev–Trinajstić information content (AvgIpc) is 1.51. The first-order valence-electron chi connectivity index (χ1n) is 32.6. The Morgan fingerprint density at radius 2 is 0.681 bits per heavy atom. The third-order valence-electron chi connectivity index (χ3n) is 14.5. The number of aliphatic carboxylic acids is 5. The summed E-state index contributed by atoms with van der Waals surface area (Å²) >= 11 is 0. The van der Waals surface area contributed by atoms with Gasteiger partial charge in [0.15, 0.2) is 7.98 Å². The van der Waals surface area contributed by atoms with Gasteiger partial charge in [0, 0.05) is 58.2 Å². The molecule has 0 fully saturated rings. The highest BCUT2D eigenvalue weighted by Crippen LogP contribution is 2.15. The van der Waals surface area contributed by atoms with Gasteiger partial charge in [-0.15, -0.1) is 0 Å². The first-order chi connectivity index (χ1) is 44.9. The number of nitrogens with one attached hydrogen (secondary N) is 9. The van der Waals surface area contributed by atoms with Crippen LogP contribution < -0.4 is 53.5 Å². The second-order valence-corrected chi connectivity index (χ2v) is 22.4. The zero-order valence-corrected chi connectivity index (χ0v) is 54.7. The molecule has 0 saturated heterocycles. The Balaban J connectivity index is 4.17. The molecule has 0 rings (SSSR count). The molecule has 0 aliphatic carbocycles. The van der Waals surface area contributed by atoms with Crippen LogP contribution in [-0.2, 0) is 86.1 Å². The van der Waals surface area contributed by atoms with E-state index < -0.39 is 133 Å². The second-order valence-electron chi connectivity index (χ2n) is 22.4. The van der Waals surface area contributed by atoms with Gasteiger partial charge in [0.1, 0.15) is 43.4 Å². The summed E-state index contributed by atoms with van der Waals surface area (Å²) < 4.78 is 21.2. The minimum absolute atomic E-state index is 0.00351. The Morgan fingerprint density at radius 3 is 1.06 bits per heavy atom. The number of carboxylic acids is 5. The fraction of sp³-hybridized carbons (Fsp3) is 0.767. The van der Waals surface area contributed by atoms with E-state index in [2.05, 4.69) is 47.8 Å². The van der Waals surface area contributed by atoms with Gasteiger partial charge in [0.2, 0.25) is 53.2 Å². The van der Waals surface area contributed by atoms with Crippen molar-refractivity contribution in [3.63, 3.8) is 0 Å². The van der Waals surface area contributed by atoms with E-state index in [9.17, 15) is 87.5 Å². The van der Waals surface area contributed by atoms with Crippen LogP contribution in [0.1, 0.15) is 187 Å². The zero-order chi connectivity index (χ0) is 70.3. The number of nitrogens with two attached hydrogens (primary N) is 1. The lowest BCUT2D eigenvalue weighted by Crippen LogP contribution is -2.51. The van der Waals surface area contributed by atoms with Crippen molar-refractivity contribution in [1.29, 1.82) is 0 Å². The van der Waals surface area contributed by atoms with E-state index in [1.54, 1.807) is 14.9 Å². The minimum Gasteiger partial charge on any atom is -0.481 e.